The Labute approximate surface area is 75.2 Å². The molecule has 1 aliphatic heterocycles. The van der Waals surface area contributed by atoms with Gasteiger partial charge in [-0.15, -0.1) is 0 Å². The normalized spacial score (nSPS) is 15.3. The highest BCUT2D eigenvalue weighted by Crippen LogP contribution is 2.15. The van der Waals surface area contributed by atoms with E-state index in [-0.39, 0.29) is 5.78 Å². The summed E-state index contributed by atoms with van der Waals surface area (Å²) in [6.45, 7) is 2.28. The second-order valence-electron chi connectivity index (χ2n) is 2.79. The number of Topliss-reactive ketones (excluding diaryl/α,β-unsaturated/α-hetero) is 1. The van der Waals surface area contributed by atoms with E-state index in [2.05, 4.69) is 4.98 Å². The third-order valence-corrected chi connectivity index (χ3v) is 1.78. The summed E-state index contributed by atoms with van der Waals surface area (Å²) < 4.78 is 10.0. The van der Waals surface area contributed by atoms with Gasteiger partial charge in [-0.05, 0) is 6.08 Å². The lowest BCUT2D eigenvalue weighted by molar-refractivity contribution is 0.0937. The fraction of sp³-hybridized carbons (Fsp3) is 0.333. The summed E-state index contributed by atoms with van der Waals surface area (Å²) in [6, 6.07) is 0. The second kappa shape index (κ2) is 3.05. The van der Waals surface area contributed by atoms with E-state index in [1.165, 1.54) is 6.26 Å². The molecule has 0 N–H and O–H groups in total. The molecular weight excluding hydrogens is 170 g/mol. The van der Waals surface area contributed by atoms with Crippen molar-refractivity contribution < 1.29 is 13.9 Å². The molecule has 0 bridgehead atoms. The Morgan fingerprint density at radius 1 is 1.62 bits per heavy atom. The molecule has 4 nitrogen and oxygen atoms in total. The first-order chi connectivity index (χ1) is 6.27. The number of nitrogens with zero attached hydrogens (tertiary/aromatic N) is 1. The molecule has 0 fully saturated rings. The van der Waals surface area contributed by atoms with Crippen LogP contribution in [0, 0.1) is 6.92 Å². The summed E-state index contributed by atoms with van der Waals surface area (Å²) in [5.41, 5.74) is 0.311. The van der Waals surface area contributed by atoms with Gasteiger partial charge in [0.25, 0.3) is 0 Å². The van der Waals surface area contributed by atoms with Crippen LogP contribution in [0.5, 0.6) is 0 Å². The van der Waals surface area contributed by atoms with Crippen LogP contribution in [0.2, 0.25) is 0 Å². The van der Waals surface area contributed by atoms with Crippen molar-refractivity contribution in [3.63, 3.8) is 0 Å². The topological polar surface area (TPSA) is 52.3 Å². The molecule has 68 valence electrons. The summed E-state index contributed by atoms with van der Waals surface area (Å²) in [4.78, 5) is 15.5. The standard InChI is InChI=1S/C9H9NO3/c1-6-10-7(5-13-6)9(11)8-3-2-4-12-8/h3,5H,2,4H2,1H3. The fourth-order valence-electron chi connectivity index (χ4n) is 1.17. The van der Waals surface area contributed by atoms with E-state index in [4.69, 9.17) is 9.15 Å². The van der Waals surface area contributed by atoms with Crippen molar-refractivity contribution in [1.82, 2.24) is 4.98 Å². The van der Waals surface area contributed by atoms with Gasteiger partial charge >= 0.3 is 0 Å². The molecule has 0 radical (unpaired) electrons. The zero-order valence-corrected chi connectivity index (χ0v) is 7.24. The number of hydrogen-bond acceptors (Lipinski definition) is 4. The van der Waals surface area contributed by atoms with E-state index < -0.39 is 0 Å². The third kappa shape index (κ3) is 1.47. The van der Waals surface area contributed by atoms with Gasteiger partial charge in [-0.2, -0.15) is 0 Å². The van der Waals surface area contributed by atoms with Gasteiger partial charge in [-0.1, -0.05) is 0 Å². The molecule has 0 unspecified atom stereocenters. The molecule has 0 amide bonds. The Morgan fingerprint density at radius 2 is 2.46 bits per heavy atom. The molecule has 1 aromatic heterocycles. The SMILES string of the molecule is Cc1nc(C(=O)C2=CCCO2)co1. The molecule has 1 aliphatic rings. The number of carbonyl (C=O) groups excluding carboxylic acids is 1. The molecule has 2 rings (SSSR count). The number of ketones is 1. The number of oxazole rings is 1. The van der Waals surface area contributed by atoms with Gasteiger partial charge in [0.05, 0.1) is 6.61 Å². The van der Waals surface area contributed by atoms with Crippen molar-refractivity contribution in [2.24, 2.45) is 0 Å². The molecule has 0 spiro atoms. The van der Waals surface area contributed by atoms with Crippen molar-refractivity contribution in [3.8, 4) is 0 Å². The number of carbonyl (C=O) groups is 1. The lowest BCUT2D eigenvalue weighted by Gasteiger charge is -1.97. The van der Waals surface area contributed by atoms with Crippen molar-refractivity contribution in [1.29, 1.82) is 0 Å². The van der Waals surface area contributed by atoms with Gasteiger partial charge in [0.2, 0.25) is 5.78 Å². The Hall–Kier alpha value is -1.58. The Balaban J connectivity index is 2.22. The minimum Gasteiger partial charge on any atom is -0.489 e. The van der Waals surface area contributed by atoms with Gasteiger partial charge in [0, 0.05) is 13.3 Å². The minimum absolute atomic E-state index is 0.200. The van der Waals surface area contributed by atoms with Crippen molar-refractivity contribution >= 4 is 5.78 Å². The number of aryl methyl sites for hydroxylation is 1. The third-order valence-electron chi connectivity index (χ3n) is 1.78. The van der Waals surface area contributed by atoms with E-state index in [0.29, 0.717) is 24.0 Å². The maximum Gasteiger partial charge on any atom is 0.248 e. The van der Waals surface area contributed by atoms with Crippen LogP contribution >= 0.6 is 0 Å². The van der Waals surface area contributed by atoms with E-state index in [9.17, 15) is 4.79 Å². The minimum atomic E-state index is -0.200. The lowest BCUT2D eigenvalue weighted by atomic mass is 10.2. The lowest BCUT2D eigenvalue weighted by Crippen LogP contribution is -2.04. The molecule has 0 aliphatic carbocycles. The number of aromatic nitrogens is 1. The summed E-state index contributed by atoms with van der Waals surface area (Å²) in [5, 5.41) is 0. The van der Waals surface area contributed by atoms with Crippen LogP contribution in [0.15, 0.2) is 22.5 Å². The van der Waals surface area contributed by atoms with E-state index in [1.54, 1.807) is 13.0 Å². The van der Waals surface area contributed by atoms with Crippen LogP contribution in [0.3, 0.4) is 0 Å². The summed E-state index contributed by atoms with van der Waals surface area (Å²) in [7, 11) is 0. The fourth-order valence-corrected chi connectivity index (χ4v) is 1.17. The van der Waals surface area contributed by atoms with Crippen LogP contribution in [0.1, 0.15) is 22.8 Å². The summed E-state index contributed by atoms with van der Waals surface area (Å²) in [5.74, 6) is 0.671. The van der Waals surface area contributed by atoms with Crippen molar-refractivity contribution in [3.05, 3.63) is 29.7 Å². The molecule has 0 atom stereocenters. The van der Waals surface area contributed by atoms with Crippen LogP contribution in [0.4, 0.5) is 0 Å². The molecule has 0 saturated carbocycles. The first-order valence-electron chi connectivity index (χ1n) is 4.07. The maximum absolute atomic E-state index is 11.5. The Morgan fingerprint density at radius 3 is 3.00 bits per heavy atom. The number of allylic oxidation sites excluding steroid dienone is 1. The van der Waals surface area contributed by atoms with Crippen molar-refractivity contribution in [2.45, 2.75) is 13.3 Å². The smallest absolute Gasteiger partial charge is 0.248 e. The molecule has 13 heavy (non-hydrogen) atoms. The first-order valence-corrected chi connectivity index (χ1v) is 4.07. The molecule has 1 aromatic rings. The summed E-state index contributed by atoms with van der Waals surface area (Å²) >= 11 is 0. The van der Waals surface area contributed by atoms with Gasteiger partial charge in [0.15, 0.2) is 17.3 Å². The average molecular weight is 179 g/mol. The molecule has 4 heteroatoms. The van der Waals surface area contributed by atoms with Crippen LogP contribution in [0.25, 0.3) is 0 Å². The molecule has 0 saturated heterocycles. The van der Waals surface area contributed by atoms with Gasteiger partial charge in [-0.25, -0.2) is 4.98 Å². The van der Waals surface area contributed by atoms with E-state index in [0.717, 1.165) is 6.42 Å². The van der Waals surface area contributed by atoms with E-state index in [1.807, 2.05) is 0 Å². The Kier molecular flexibility index (Phi) is 1.88. The monoisotopic (exact) mass is 179 g/mol. The largest absolute Gasteiger partial charge is 0.489 e. The van der Waals surface area contributed by atoms with Crippen molar-refractivity contribution in [2.75, 3.05) is 6.61 Å². The second-order valence-corrected chi connectivity index (χ2v) is 2.79. The Bertz CT molecular complexity index is 365. The summed E-state index contributed by atoms with van der Waals surface area (Å²) in [6.07, 6.45) is 3.91. The predicted molar refractivity (Wildman–Crippen MR) is 44.2 cm³/mol. The van der Waals surface area contributed by atoms with Crippen LogP contribution in [-0.4, -0.2) is 17.4 Å². The van der Waals surface area contributed by atoms with Crippen LogP contribution in [-0.2, 0) is 4.74 Å². The predicted octanol–water partition coefficient (Wildman–Crippen LogP) is 1.47. The van der Waals surface area contributed by atoms with E-state index >= 15 is 0 Å². The molecule has 2 heterocycles. The highest BCUT2D eigenvalue weighted by Gasteiger charge is 2.19. The number of ether oxygens (including phenoxy) is 1. The quantitative estimate of drug-likeness (QED) is 0.645. The number of hydrogen-bond donors (Lipinski definition) is 0. The molecule has 0 aromatic carbocycles. The zero-order chi connectivity index (χ0) is 9.26. The first kappa shape index (κ1) is 8.04. The maximum atomic E-state index is 11.5. The van der Waals surface area contributed by atoms with Gasteiger partial charge < -0.3 is 9.15 Å². The van der Waals surface area contributed by atoms with Crippen LogP contribution < -0.4 is 0 Å². The van der Waals surface area contributed by atoms with Gasteiger partial charge in [-0.3, -0.25) is 4.79 Å². The average Bonchev–Trinajstić information content (AvgIpc) is 2.72. The number of rotatable bonds is 2. The highest BCUT2D eigenvalue weighted by molar-refractivity contribution is 6.05. The zero-order valence-electron chi connectivity index (χ0n) is 7.24. The van der Waals surface area contributed by atoms with Gasteiger partial charge in [0.1, 0.15) is 6.26 Å². The highest BCUT2D eigenvalue weighted by atomic mass is 16.5. The molecular formula is C9H9NO3.